The third kappa shape index (κ3) is 2.65. The average molecular weight is 337 g/mol. The lowest BCUT2D eigenvalue weighted by Gasteiger charge is -2.15. The molecule has 4 heteroatoms. The molecular weight excluding hydrogens is 320 g/mol. The molecule has 0 amide bonds. The highest BCUT2D eigenvalue weighted by Crippen LogP contribution is 2.49. The van der Waals surface area contributed by atoms with Gasteiger partial charge in [-0.3, -0.25) is 0 Å². The maximum absolute atomic E-state index is 4.68. The molecule has 0 spiro atoms. The van der Waals surface area contributed by atoms with Crippen LogP contribution in [0.3, 0.4) is 0 Å². The Balaban J connectivity index is 1.48. The van der Waals surface area contributed by atoms with Crippen LogP contribution in [0.2, 0.25) is 0 Å². The molecule has 1 N–H and O–H groups in total. The molecule has 19 heavy (non-hydrogen) atoms. The molecule has 2 aliphatic rings. The minimum Gasteiger partial charge on any atom is -0.361 e. The highest BCUT2D eigenvalue weighted by molar-refractivity contribution is 9.10. The standard InChI is InChI=1S/C15H17BrN2S/c16-11-5-6-14-13(7-11)18-15(19-14)17-8-12(9-1-2-9)10-3-4-10/h5-7,9-10,12H,1-4,8H2,(H,17,18). The van der Waals surface area contributed by atoms with E-state index in [1.807, 2.05) is 0 Å². The van der Waals surface area contributed by atoms with Crippen molar-refractivity contribution in [2.75, 3.05) is 11.9 Å². The van der Waals surface area contributed by atoms with Crippen LogP contribution in [0.4, 0.5) is 5.13 Å². The number of benzene rings is 1. The molecular formula is C15H17BrN2S. The van der Waals surface area contributed by atoms with Crippen LogP contribution in [0.5, 0.6) is 0 Å². The predicted molar refractivity (Wildman–Crippen MR) is 84.7 cm³/mol. The van der Waals surface area contributed by atoms with Crippen LogP contribution < -0.4 is 5.32 Å². The molecule has 2 aliphatic carbocycles. The molecule has 1 heterocycles. The van der Waals surface area contributed by atoms with Gasteiger partial charge in [-0.25, -0.2) is 4.98 Å². The molecule has 0 atom stereocenters. The van der Waals surface area contributed by atoms with E-state index in [1.165, 1.54) is 30.4 Å². The Morgan fingerprint density at radius 2 is 2.00 bits per heavy atom. The highest BCUT2D eigenvalue weighted by Gasteiger charge is 2.41. The Hall–Kier alpha value is -0.610. The van der Waals surface area contributed by atoms with Crippen molar-refractivity contribution in [3.8, 4) is 0 Å². The highest BCUT2D eigenvalue weighted by atomic mass is 79.9. The number of halogens is 1. The third-order valence-electron chi connectivity index (χ3n) is 4.29. The smallest absolute Gasteiger partial charge is 0.183 e. The number of nitrogens with one attached hydrogen (secondary N) is 1. The van der Waals surface area contributed by atoms with E-state index in [0.29, 0.717) is 0 Å². The summed E-state index contributed by atoms with van der Waals surface area (Å²) in [6.07, 6.45) is 5.82. The van der Waals surface area contributed by atoms with Crippen molar-refractivity contribution in [2.24, 2.45) is 17.8 Å². The van der Waals surface area contributed by atoms with E-state index < -0.39 is 0 Å². The molecule has 2 aromatic rings. The molecule has 2 fully saturated rings. The van der Waals surface area contributed by atoms with Gasteiger partial charge in [0.1, 0.15) is 0 Å². The molecule has 0 saturated heterocycles. The number of hydrogen-bond acceptors (Lipinski definition) is 3. The van der Waals surface area contributed by atoms with Crippen molar-refractivity contribution in [1.29, 1.82) is 0 Å². The first-order valence-corrected chi connectivity index (χ1v) is 8.70. The van der Waals surface area contributed by atoms with Gasteiger partial charge in [-0.05, 0) is 61.6 Å². The summed E-state index contributed by atoms with van der Waals surface area (Å²) in [6, 6.07) is 6.32. The number of fused-ring (bicyclic) bond motifs is 1. The van der Waals surface area contributed by atoms with Crippen LogP contribution >= 0.6 is 27.3 Å². The van der Waals surface area contributed by atoms with Crippen molar-refractivity contribution >= 4 is 42.6 Å². The zero-order valence-electron chi connectivity index (χ0n) is 10.7. The number of aromatic nitrogens is 1. The van der Waals surface area contributed by atoms with E-state index in [0.717, 1.165) is 39.4 Å². The number of rotatable bonds is 5. The zero-order chi connectivity index (χ0) is 12.8. The van der Waals surface area contributed by atoms with Crippen LogP contribution in [-0.2, 0) is 0 Å². The maximum Gasteiger partial charge on any atom is 0.183 e. The number of hydrogen-bond donors (Lipinski definition) is 1. The van der Waals surface area contributed by atoms with E-state index in [2.05, 4.69) is 44.4 Å². The van der Waals surface area contributed by atoms with Crippen molar-refractivity contribution in [1.82, 2.24) is 4.98 Å². The summed E-state index contributed by atoms with van der Waals surface area (Å²) in [4.78, 5) is 4.68. The summed E-state index contributed by atoms with van der Waals surface area (Å²) in [6.45, 7) is 1.12. The van der Waals surface area contributed by atoms with Crippen LogP contribution in [0.25, 0.3) is 10.2 Å². The summed E-state index contributed by atoms with van der Waals surface area (Å²) in [5.41, 5.74) is 1.09. The Bertz CT molecular complexity index is 589. The second-order valence-corrected chi connectivity index (χ2v) is 7.80. The van der Waals surface area contributed by atoms with Crippen molar-refractivity contribution in [3.63, 3.8) is 0 Å². The van der Waals surface area contributed by atoms with Crippen LogP contribution in [0, 0.1) is 17.8 Å². The summed E-state index contributed by atoms with van der Waals surface area (Å²) in [5.74, 6) is 2.91. The van der Waals surface area contributed by atoms with Gasteiger partial charge in [-0.2, -0.15) is 0 Å². The van der Waals surface area contributed by atoms with Crippen molar-refractivity contribution < 1.29 is 0 Å². The molecule has 2 saturated carbocycles. The fraction of sp³-hybridized carbons (Fsp3) is 0.533. The number of thiazole rings is 1. The average Bonchev–Trinajstić information content (AvgIpc) is 3.28. The van der Waals surface area contributed by atoms with Gasteiger partial charge in [0.05, 0.1) is 10.2 Å². The summed E-state index contributed by atoms with van der Waals surface area (Å²) in [7, 11) is 0. The lowest BCUT2D eigenvalue weighted by Crippen LogP contribution is -2.18. The van der Waals surface area contributed by atoms with E-state index in [-0.39, 0.29) is 0 Å². The van der Waals surface area contributed by atoms with E-state index in [4.69, 9.17) is 0 Å². The van der Waals surface area contributed by atoms with Crippen molar-refractivity contribution in [3.05, 3.63) is 22.7 Å². The normalized spacial score (nSPS) is 19.3. The zero-order valence-corrected chi connectivity index (χ0v) is 13.1. The molecule has 0 unspecified atom stereocenters. The Labute approximate surface area is 125 Å². The molecule has 0 radical (unpaired) electrons. The number of anilines is 1. The van der Waals surface area contributed by atoms with Gasteiger partial charge < -0.3 is 5.32 Å². The Morgan fingerprint density at radius 1 is 1.26 bits per heavy atom. The minimum absolute atomic E-state index is 0.902. The second kappa shape index (κ2) is 4.74. The molecule has 0 bridgehead atoms. The summed E-state index contributed by atoms with van der Waals surface area (Å²) >= 11 is 5.27. The summed E-state index contributed by atoms with van der Waals surface area (Å²) in [5, 5.41) is 4.67. The van der Waals surface area contributed by atoms with Gasteiger partial charge in [-0.1, -0.05) is 27.3 Å². The molecule has 2 nitrogen and oxygen atoms in total. The van der Waals surface area contributed by atoms with Crippen LogP contribution in [-0.4, -0.2) is 11.5 Å². The Morgan fingerprint density at radius 3 is 2.68 bits per heavy atom. The topological polar surface area (TPSA) is 24.9 Å². The van der Waals surface area contributed by atoms with E-state index >= 15 is 0 Å². The lowest BCUT2D eigenvalue weighted by atomic mass is 9.98. The van der Waals surface area contributed by atoms with Crippen molar-refractivity contribution in [2.45, 2.75) is 25.7 Å². The SMILES string of the molecule is Brc1ccc2sc(NCC(C3CC3)C3CC3)nc2c1. The quantitative estimate of drug-likeness (QED) is 0.839. The first-order chi connectivity index (χ1) is 9.29. The monoisotopic (exact) mass is 336 g/mol. The molecule has 4 rings (SSSR count). The second-order valence-electron chi connectivity index (χ2n) is 5.85. The number of nitrogens with zero attached hydrogens (tertiary/aromatic N) is 1. The van der Waals surface area contributed by atoms with E-state index in [9.17, 15) is 0 Å². The fourth-order valence-corrected chi connectivity index (χ4v) is 4.15. The summed E-state index contributed by atoms with van der Waals surface area (Å²) < 4.78 is 2.37. The Kier molecular flexibility index (Phi) is 3.03. The molecule has 1 aromatic carbocycles. The third-order valence-corrected chi connectivity index (χ3v) is 5.78. The molecule has 1 aromatic heterocycles. The van der Waals surface area contributed by atoms with E-state index in [1.54, 1.807) is 11.3 Å². The first-order valence-electron chi connectivity index (χ1n) is 7.09. The molecule has 0 aliphatic heterocycles. The lowest BCUT2D eigenvalue weighted by molar-refractivity contribution is 0.428. The van der Waals surface area contributed by atoms with Gasteiger partial charge in [0.15, 0.2) is 5.13 Å². The molecule has 100 valence electrons. The van der Waals surface area contributed by atoms with Gasteiger partial charge in [0, 0.05) is 11.0 Å². The predicted octanol–water partition coefficient (Wildman–Crippen LogP) is 4.91. The largest absolute Gasteiger partial charge is 0.361 e. The van der Waals surface area contributed by atoms with Gasteiger partial charge >= 0.3 is 0 Å². The van der Waals surface area contributed by atoms with Crippen LogP contribution in [0.15, 0.2) is 22.7 Å². The minimum atomic E-state index is 0.902. The first kappa shape index (κ1) is 12.2. The van der Waals surface area contributed by atoms with Gasteiger partial charge in [0.2, 0.25) is 0 Å². The maximum atomic E-state index is 4.68. The van der Waals surface area contributed by atoms with Gasteiger partial charge in [0.25, 0.3) is 0 Å². The van der Waals surface area contributed by atoms with Crippen LogP contribution in [0.1, 0.15) is 25.7 Å². The van der Waals surface area contributed by atoms with Gasteiger partial charge in [-0.15, -0.1) is 0 Å². The fourth-order valence-electron chi connectivity index (χ4n) is 2.95.